The summed E-state index contributed by atoms with van der Waals surface area (Å²) in [5, 5.41) is 7.23. The highest BCUT2D eigenvalue weighted by Crippen LogP contribution is 2.45. The first kappa shape index (κ1) is 23.8. The second-order valence-electron chi connectivity index (χ2n) is 9.20. The predicted molar refractivity (Wildman–Crippen MR) is 142 cm³/mol. The van der Waals surface area contributed by atoms with E-state index < -0.39 is 0 Å². The summed E-state index contributed by atoms with van der Waals surface area (Å²) in [5.74, 6) is 2.37. The normalized spacial score (nSPS) is 18.8. The number of nitrogens with one attached hydrogen (secondary N) is 2. The number of fused-ring (bicyclic) bond motifs is 1. The Kier molecular flexibility index (Phi) is 6.85. The van der Waals surface area contributed by atoms with Crippen molar-refractivity contribution in [2.75, 3.05) is 31.5 Å². The summed E-state index contributed by atoms with van der Waals surface area (Å²) in [6.07, 6.45) is 2.11. The Hall–Kier alpha value is -3.93. The molecule has 2 aliphatic rings. The second kappa shape index (κ2) is 10.4. The molecule has 2 N–H and O–H groups in total. The lowest BCUT2D eigenvalue weighted by atomic mass is 9.78. The van der Waals surface area contributed by atoms with Gasteiger partial charge in [0.15, 0.2) is 17.3 Å². The maximum Gasteiger partial charge on any atom is 0.163 e. The van der Waals surface area contributed by atoms with Crippen LogP contribution in [0, 0.1) is 0 Å². The highest BCUT2D eigenvalue weighted by atomic mass is 16.5. The second-order valence-corrected chi connectivity index (χ2v) is 9.20. The number of hydrogen-bond donors (Lipinski definition) is 2. The fraction of sp³-hybridized carbons (Fsp3) is 0.300. The third-order valence-electron chi connectivity index (χ3n) is 6.87. The van der Waals surface area contributed by atoms with Gasteiger partial charge in [0.25, 0.3) is 0 Å². The number of para-hydroxylation sites is 2. The minimum atomic E-state index is -0.254. The Labute approximate surface area is 212 Å². The number of carbonyl (C=O) groups is 1. The van der Waals surface area contributed by atoms with E-state index in [1.54, 1.807) is 14.2 Å². The molecule has 1 aliphatic carbocycles. The van der Waals surface area contributed by atoms with Crippen LogP contribution in [0.4, 0.5) is 11.4 Å². The molecule has 1 heterocycles. The van der Waals surface area contributed by atoms with Crippen LogP contribution in [0.25, 0.3) is 0 Å². The molecule has 186 valence electrons. The monoisotopic (exact) mass is 484 g/mol. The molecule has 3 aromatic rings. The Morgan fingerprint density at radius 3 is 2.31 bits per heavy atom. The highest BCUT2D eigenvalue weighted by molar-refractivity contribution is 6.01. The molecule has 5 rings (SSSR count). The SMILES string of the molecule is CCCOc1ccc([C@@H]2Nc3ccccc3NC3=C2C(=O)C[C@@H](c2ccc(OC)c(OC)c2)C3)cc1. The van der Waals surface area contributed by atoms with E-state index >= 15 is 0 Å². The minimum Gasteiger partial charge on any atom is -0.494 e. The van der Waals surface area contributed by atoms with Gasteiger partial charge < -0.3 is 24.8 Å². The van der Waals surface area contributed by atoms with E-state index in [1.165, 1.54) is 0 Å². The van der Waals surface area contributed by atoms with Gasteiger partial charge >= 0.3 is 0 Å². The molecule has 0 saturated heterocycles. The lowest BCUT2D eigenvalue weighted by Crippen LogP contribution is -2.26. The fourth-order valence-corrected chi connectivity index (χ4v) is 5.06. The Morgan fingerprint density at radius 1 is 0.861 bits per heavy atom. The van der Waals surface area contributed by atoms with Crippen LogP contribution in [0.15, 0.2) is 78.0 Å². The van der Waals surface area contributed by atoms with Gasteiger partial charge in [0.1, 0.15) is 5.75 Å². The molecule has 0 radical (unpaired) electrons. The van der Waals surface area contributed by atoms with E-state index in [1.807, 2.05) is 54.6 Å². The molecule has 0 amide bonds. The number of Topliss-reactive ketones (excluding diaryl/α,β-unsaturated/α-hetero) is 1. The van der Waals surface area contributed by atoms with Crippen molar-refractivity contribution >= 4 is 17.2 Å². The number of rotatable bonds is 7. The van der Waals surface area contributed by atoms with Crippen LogP contribution >= 0.6 is 0 Å². The van der Waals surface area contributed by atoms with Gasteiger partial charge in [-0.25, -0.2) is 0 Å². The predicted octanol–water partition coefficient (Wildman–Crippen LogP) is 6.47. The van der Waals surface area contributed by atoms with Gasteiger partial charge in [-0.3, -0.25) is 4.79 Å². The minimum absolute atomic E-state index is 0.0410. The lowest BCUT2D eigenvalue weighted by molar-refractivity contribution is -0.116. The van der Waals surface area contributed by atoms with Crippen molar-refractivity contribution in [3.05, 3.63) is 89.1 Å². The third kappa shape index (κ3) is 4.63. The van der Waals surface area contributed by atoms with Gasteiger partial charge in [-0.15, -0.1) is 0 Å². The first-order chi connectivity index (χ1) is 17.6. The summed E-state index contributed by atoms with van der Waals surface area (Å²) in [4.78, 5) is 13.8. The molecule has 0 saturated carbocycles. The number of benzene rings is 3. The molecular weight excluding hydrogens is 452 g/mol. The molecule has 0 unspecified atom stereocenters. The van der Waals surface area contributed by atoms with E-state index in [-0.39, 0.29) is 17.7 Å². The Morgan fingerprint density at radius 2 is 1.58 bits per heavy atom. The molecule has 2 atom stereocenters. The average molecular weight is 485 g/mol. The van der Waals surface area contributed by atoms with Gasteiger partial charge in [-0.2, -0.15) is 0 Å². The summed E-state index contributed by atoms with van der Waals surface area (Å²) in [6, 6.07) is 21.8. The van der Waals surface area contributed by atoms with Gasteiger partial charge in [0.2, 0.25) is 0 Å². The quantitative estimate of drug-likeness (QED) is 0.400. The van der Waals surface area contributed by atoms with Crippen LogP contribution in [0.2, 0.25) is 0 Å². The molecule has 0 spiro atoms. The van der Waals surface area contributed by atoms with Crippen LogP contribution < -0.4 is 24.8 Å². The lowest BCUT2D eigenvalue weighted by Gasteiger charge is -2.30. The van der Waals surface area contributed by atoms with Gasteiger partial charge in [-0.1, -0.05) is 37.3 Å². The number of methoxy groups -OCH3 is 2. The molecule has 36 heavy (non-hydrogen) atoms. The van der Waals surface area contributed by atoms with Gasteiger partial charge in [0, 0.05) is 17.7 Å². The first-order valence-electron chi connectivity index (χ1n) is 12.4. The largest absolute Gasteiger partial charge is 0.494 e. The number of ketones is 1. The van der Waals surface area contributed by atoms with Crippen molar-refractivity contribution in [3.63, 3.8) is 0 Å². The molecule has 6 heteroatoms. The van der Waals surface area contributed by atoms with Crippen molar-refractivity contribution in [3.8, 4) is 17.2 Å². The van der Waals surface area contributed by atoms with E-state index in [0.29, 0.717) is 24.5 Å². The summed E-state index contributed by atoms with van der Waals surface area (Å²) in [7, 11) is 3.26. The fourth-order valence-electron chi connectivity index (χ4n) is 5.06. The van der Waals surface area contributed by atoms with Crippen molar-refractivity contribution in [2.24, 2.45) is 0 Å². The van der Waals surface area contributed by atoms with E-state index in [2.05, 4.69) is 29.7 Å². The van der Waals surface area contributed by atoms with Crippen LogP contribution in [0.1, 0.15) is 49.3 Å². The van der Waals surface area contributed by atoms with Crippen LogP contribution in [-0.2, 0) is 4.79 Å². The van der Waals surface area contributed by atoms with Gasteiger partial charge in [-0.05, 0) is 66.3 Å². The van der Waals surface area contributed by atoms with Crippen molar-refractivity contribution in [2.45, 2.75) is 38.1 Å². The number of ether oxygens (including phenoxy) is 3. The summed E-state index contributed by atoms with van der Waals surface area (Å²) < 4.78 is 16.7. The number of carbonyl (C=O) groups excluding carboxylic acids is 1. The number of hydrogen-bond acceptors (Lipinski definition) is 6. The summed E-state index contributed by atoms with van der Waals surface area (Å²) >= 11 is 0. The topological polar surface area (TPSA) is 68.8 Å². The zero-order valence-electron chi connectivity index (χ0n) is 21.0. The molecule has 0 bridgehead atoms. The van der Waals surface area contributed by atoms with Crippen LogP contribution in [-0.4, -0.2) is 26.6 Å². The first-order valence-corrected chi connectivity index (χ1v) is 12.4. The summed E-state index contributed by atoms with van der Waals surface area (Å²) in [6.45, 7) is 2.77. The zero-order valence-corrected chi connectivity index (χ0v) is 21.0. The van der Waals surface area contributed by atoms with Crippen LogP contribution in [0.5, 0.6) is 17.2 Å². The Balaban J connectivity index is 1.52. The number of allylic oxidation sites excluding steroid dienone is 1. The van der Waals surface area contributed by atoms with Gasteiger partial charge in [0.05, 0.1) is 38.2 Å². The molecule has 0 aromatic heterocycles. The molecule has 3 aromatic carbocycles. The van der Waals surface area contributed by atoms with Crippen LogP contribution in [0.3, 0.4) is 0 Å². The van der Waals surface area contributed by atoms with E-state index in [4.69, 9.17) is 14.2 Å². The van der Waals surface area contributed by atoms with E-state index in [0.717, 1.165) is 52.4 Å². The molecular formula is C30H32N2O4. The average Bonchev–Trinajstić information content (AvgIpc) is 3.08. The highest BCUT2D eigenvalue weighted by Gasteiger charge is 2.36. The zero-order chi connectivity index (χ0) is 25.1. The maximum atomic E-state index is 13.8. The number of anilines is 2. The van der Waals surface area contributed by atoms with E-state index in [9.17, 15) is 4.79 Å². The summed E-state index contributed by atoms with van der Waals surface area (Å²) in [5.41, 5.74) is 5.79. The smallest absolute Gasteiger partial charge is 0.163 e. The molecule has 6 nitrogen and oxygen atoms in total. The van der Waals surface area contributed by atoms with Crippen molar-refractivity contribution in [1.82, 2.24) is 0 Å². The molecule has 1 aliphatic heterocycles. The standard InChI is InChI=1S/C30H32N2O4/c1-4-15-36-22-12-9-19(10-13-22)30-29-25(31-23-7-5-6-8-24(23)32-30)16-21(17-26(29)33)20-11-14-27(34-2)28(18-20)35-3/h5-14,18,21,30-32H,4,15-17H2,1-3H3/t21-,30-/m0/s1. The Bertz CT molecular complexity index is 1280. The maximum absolute atomic E-state index is 13.8. The van der Waals surface area contributed by atoms with Crippen molar-refractivity contribution < 1.29 is 19.0 Å². The molecule has 0 fully saturated rings. The third-order valence-corrected chi connectivity index (χ3v) is 6.87. The van der Waals surface area contributed by atoms with Crippen molar-refractivity contribution in [1.29, 1.82) is 0 Å².